The van der Waals surface area contributed by atoms with Gasteiger partial charge in [-0.1, -0.05) is 25.0 Å². The summed E-state index contributed by atoms with van der Waals surface area (Å²) in [6, 6.07) is 9.31. The van der Waals surface area contributed by atoms with Crippen molar-refractivity contribution < 1.29 is 0 Å². The smallest absolute Gasteiger partial charge is 0.0291 e. The third-order valence-electron chi connectivity index (χ3n) is 3.56. The summed E-state index contributed by atoms with van der Waals surface area (Å²) in [4.78, 5) is 0. The summed E-state index contributed by atoms with van der Waals surface area (Å²) in [6.07, 6.45) is 5.72. The third-order valence-corrected chi connectivity index (χ3v) is 4.28. The summed E-state index contributed by atoms with van der Waals surface area (Å²) in [5, 5.41) is 3.66. The van der Waals surface area contributed by atoms with E-state index in [4.69, 9.17) is 0 Å². The van der Waals surface area contributed by atoms with Crippen molar-refractivity contribution >= 4 is 22.6 Å². The predicted octanol–water partition coefficient (Wildman–Crippen LogP) is 4.13. The zero-order chi connectivity index (χ0) is 11.4. The molecule has 16 heavy (non-hydrogen) atoms. The van der Waals surface area contributed by atoms with Gasteiger partial charge in [0.05, 0.1) is 0 Å². The molecule has 1 aromatic rings. The normalized spacial score (nSPS) is 18.9. The molecule has 1 nitrogen and oxygen atoms in total. The first kappa shape index (κ1) is 12.4. The molecule has 0 aromatic heterocycles. The summed E-state index contributed by atoms with van der Waals surface area (Å²) in [5.41, 5.74) is 1.40. The van der Waals surface area contributed by atoms with Gasteiger partial charge < -0.3 is 5.32 Å². The molecule has 1 aliphatic carbocycles. The predicted molar refractivity (Wildman–Crippen MR) is 77.5 cm³/mol. The second-order valence-electron chi connectivity index (χ2n) is 4.83. The SMILES string of the molecule is CC(NCC1CCCC1)c1ccc(I)cc1. The van der Waals surface area contributed by atoms with Gasteiger partial charge in [0.25, 0.3) is 0 Å². The van der Waals surface area contributed by atoms with Gasteiger partial charge in [-0.15, -0.1) is 0 Å². The van der Waals surface area contributed by atoms with E-state index in [2.05, 4.69) is 59.1 Å². The van der Waals surface area contributed by atoms with Crippen LogP contribution in [0.15, 0.2) is 24.3 Å². The standard InChI is InChI=1S/C14H20IN/c1-11(13-6-8-14(15)9-7-13)16-10-12-4-2-3-5-12/h6-9,11-12,16H,2-5,10H2,1H3. The van der Waals surface area contributed by atoms with Crippen LogP contribution in [0.2, 0.25) is 0 Å². The number of rotatable bonds is 4. The van der Waals surface area contributed by atoms with Gasteiger partial charge in [0.15, 0.2) is 0 Å². The zero-order valence-electron chi connectivity index (χ0n) is 9.88. The highest BCUT2D eigenvalue weighted by Crippen LogP contribution is 2.24. The fraction of sp³-hybridized carbons (Fsp3) is 0.571. The summed E-state index contributed by atoms with van der Waals surface area (Å²) >= 11 is 2.35. The lowest BCUT2D eigenvalue weighted by atomic mass is 10.1. The molecule has 88 valence electrons. The van der Waals surface area contributed by atoms with E-state index in [1.54, 1.807) is 0 Å². The number of nitrogens with one attached hydrogen (secondary N) is 1. The summed E-state index contributed by atoms with van der Waals surface area (Å²) < 4.78 is 1.31. The van der Waals surface area contributed by atoms with Crippen LogP contribution in [0, 0.1) is 9.49 Å². The average molecular weight is 329 g/mol. The quantitative estimate of drug-likeness (QED) is 0.819. The van der Waals surface area contributed by atoms with Crippen molar-refractivity contribution in [3.63, 3.8) is 0 Å². The second kappa shape index (κ2) is 6.01. The highest BCUT2D eigenvalue weighted by Gasteiger charge is 2.15. The van der Waals surface area contributed by atoms with Gasteiger partial charge in [-0.05, 0) is 72.5 Å². The minimum Gasteiger partial charge on any atom is -0.310 e. The van der Waals surface area contributed by atoms with Gasteiger partial charge in [-0.3, -0.25) is 0 Å². The van der Waals surface area contributed by atoms with Gasteiger partial charge in [0, 0.05) is 9.61 Å². The van der Waals surface area contributed by atoms with Crippen LogP contribution in [0.5, 0.6) is 0 Å². The highest BCUT2D eigenvalue weighted by molar-refractivity contribution is 14.1. The fourth-order valence-corrected chi connectivity index (χ4v) is 2.79. The van der Waals surface area contributed by atoms with Crippen LogP contribution < -0.4 is 5.32 Å². The number of hydrogen-bond donors (Lipinski definition) is 1. The van der Waals surface area contributed by atoms with Crippen LogP contribution in [0.3, 0.4) is 0 Å². The van der Waals surface area contributed by atoms with E-state index < -0.39 is 0 Å². The van der Waals surface area contributed by atoms with Crippen LogP contribution in [-0.4, -0.2) is 6.54 Å². The maximum atomic E-state index is 3.66. The first-order chi connectivity index (χ1) is 7.75. The summed E-state index contributed by atoms with van der Waals surface area (Å²) in [7, 11) is 0. The Morgan fingerprint density at radius 1 is 1.25 bits per heavy atom. The van der Waals surface area contributed by atoms with Crippen molar-refractivity contribution in [2.75, 3.05) is 6.54 Å². The largest absolute Gasteiger partial charge is 0.310 e. The molecule has 1 N–H and O–H groups in total. The maximum Gasteiger partial charge on any atom is 0.0291 e. The lowest BCUT2D eigenvalue weighted by Crippen LogP contribution is -2.24. The highest BCUT2D eigenvalue weighted by atomic mass is 127. The number of benzene rings is 1. The third kappa shape index (κ3) is 3.45. The molecule has 1 aliphatic rings. The molecule has 0 amide bonds. The Labute approximate surface area is 112 Å². The summed E-state index contributed by atoms with van der Waals surface area (Å²) in [5.74, 6) is 0.922. The van der Waals surface area contributed by atoms with E-state index in [-0.39, 0.29) is 0 Å². The Balaban J connectivity index is 1.82. The van der Waals surface area contributed by atoms with E-state index in [0.29, 0.717) is 6.04 Å². The van der Waals surface area contributed by atoms with Crippen LogP contribution in [0.25, 0.3) is 0 Å². The molecule has 1 saturated carbocycles. The van der Waals surface area contributed by atoms with Crippen molar-refractivity contribution in [2.45, 2.75) is 38.6 Å². The van der Waals surface area contributed by atoms with Gasteiger partial charge in [-0.2, -0.15) is 0 Å². The Kier molecular flexibility index (Phi) is 4.65. The maximum absolute atomic E-state index is 3.66. The molecular formula is C14H20IN. The number of halogens is 1. The van der Waals surface area contributed by atoms with Gasteiger partial charge in [-0.25, -0.2) is 0 Å². The van der Waals surface area contributed by atoms with Crippen molar-refractivity contribution in [3.8, 4) is 0 Å². The Morgan fingerprint density at radius 3 is 2.50 bits per heavy atom. The van der Waals surface area contributed by atoms with Crippen LogP contribution in [0.1, 0.15) is 44.2 Å². The molecule has 1 fully saturated rings. The minimum absolute atomic E-state index is 0.484. The van der Waals surface area contributed by atoms with E-state index >= 15 is 0 Å². The Bertz CT molecular complexity index is 314. The lowest BCUT2D eigenvalue weighted by Gasteiger charge is -2.17. The van der Waals surface area contributed by atoms with Crippen LogP contribution in [0.4, 0.5) is 0 Å². The van der Waals surface area contributed by atoms with Crippen molar-refractivity contribution in [2.24, 2.45) is 5.92 Å². The number of hydrogen-bond acceptors (Lipinski definition) is 1. The van der Waals surface area contributed by atoms with E-state index in [1.807, 2.05) is 0 Å². The molecule has 0 spiro atoms. The molecule has 2 rings (SSSR count). The molecule has 0 bridgehead atoms. The van der Waals surface area contributed by atoms with Gasteiger partial charge in [0.1, 0.15) is 0 Å². The topological polar surface area (TPSA) is 12.0 Å². The minimum atomic E-state index is 0.484. The Hall–Kier alpha value is -0.0900. The Morgan fingerprint density at radius 2 is 1.88 bits per heavy atom. The van der Waals surface area contributed by atoms with Gasteiger partial charge in [0.2, 0.25) is 0 Å². The van der Waals surface area contributed by atoms with E-state index in [1.165, 1.54) is 41.4 Å². The van der Waals surface area contributed by atoms with E-state index in [9.17, 15) is 0 Å². The molecule has 1 aromatic carbocycles. The molecule has 1 atom stereocenters. The molecule has 0 heterocycles. The molecule has 0 saturated heterocycles. The first-order valence-electron chi connectivity index (χ1n) is 6.24. The zero-order valence-corrected chi connectivity index (χ0v) is 12.0. The van der Waals surface area contributed by atoms with Crippen molar-refractivity contribution in [1.29, 1.82) is 0 Å². The molecule has 0 radical (unpaired) electrons. The first-order valence-corrected chi connectivity index (χ1v) is 7.32. The monoisotopic (exact) mass is 329 g/mol. The molecule has 1 unspecified atom stereocenters. The fourth-order valence-electron chi connectivity index (χ4n) is 2.43. The molecular weight excluding hydrogens is 309 g/mol. The molecule has 0 aliphatic heterocycles. The lowest BCUT2D eigenvalue weighted by molar-refractivity contribution is 0.452. The second-order valence-corrected chi connectivity index (χ2v) is 6.08. The van der Waals surface area contributed by atoms with E-state index in [0.717, 1.165) is 5.92 Å². The average Bonchev–Trinajstić information content (AvgIpc) is 2.80. The van der Waals surface area contributed by atoms with Crippen LogP contribution in [-0.2, 0) is 0 Å². The molecule has 2 heteroatoms. The van der Waals surface area contributed by atoms with Crippen molar-refractivity contribution in [1.82, 2.24) is 5.32 Å². The van der Waals surface area contributed by atoms with Gasteiger partial charge >= 0.3 is 0 Å². The van der Waals surface area contributed by atoms with Crippen molar-refractivity contribution in [3.05, 3.63) is 33.4 Å². The van der Waals surface area contributed by atoms with Crippen LogP contribution >= 0.6 is 22.6 Å². The summed E-state index contributed by atoms with van der Waals surface area (Å²) in [6.45, 7) is 3.45.